The van der Waals surface area contributed by atoms with Crippen LogP contribution in [0.25, 0.3) is 0 Å². The Hall–Kier alpha value is -2.01. The van der Waals surface area contributed by atoms with Crippen molar-refractivity contribution in [2.75, 3.05) is 26.2 Å². The molecule has 1 unspecified atom stereocenters. The highest BCUT2D eigenvalue weighted by molar-refractivity contribution is 7.27. The van der Waals surface area contributed by atoms with E-state index >= 15 is 0 Å². The van der Waals surface area contributed by atoms with Crippen molar-refractivity contribution in [3.05, 3.63) is 59.4 Å². The SMILES string of the molecule is O=C(O)c1ccc(OCCN2CCC(N[C@@H]3C[C@H]3c3ccc(P)c(F)c3)CC2)cc1. The van der Waals surface area contributed by atoms with Crippen LogP contribution in [0, 0.1) is 5.82 Å². The third-order valence-corrected chi connectivity index (χ3v) is 6.53. The molecule has 1 saturated heterocycles. The first-order valence-electron chi connectivity index (χ1n) is 10.5. The maximum absolute atomic E-state index is 13.8. The maximum Gasteiger partial charge on any atom is 0.335 e. The molecule has 1 aliphatic heterocycles. The summed E-state index contributed by atoms with van der Waals surface area (Å²) in [6.45, 7) is 3.52. The van der Waals surface area contributed by atoms with Gasteiger partial charge in [0.15, 0.2) is 0 Å². The number of rotatable bonds is 8. The van der Waals surface area contributed by atoms with Gasteiger partial charge in [-0.25, -0.2) is 9.18 Å². The number of ether oxygens (including phenoxy) is 1. The van der Waals surface area contributed by atoms with Crippen molar-refractivity contribution in [1.29, 1.82) is 0 Å². The molecule has 1 heterocycles. The van der Waals surface area contributed by atoms with Crippen LogP contribution in [0.1, 0.15) is 41.1 Å². The van der Waals surface area contributed by atoms with Crippen LogP contribution in [-0.2, 0) is 0 Å². The van der Waals surface area contributed by atoms with Gasteiger partial charge in [-0.2, -0.15) is 0 Å². The highest BCUT2D eigenvalue weighted by atomic mass is 31.0. The number of hydrogen-bond acceptors (Lipinski definition) is 4. The molecule has 4 rings (SSSR count). The van der Waals surface area contributed by atoms with Crippen molar-refractivity contribution in [3.63, 3.8) is 0 Å². The number of hydrogen-bond donors (Lipinski definition) is 2. The minimum atomic E-state index is -0.930. The summed E-state index contributed by atoms with van der Waals surface area (Å²) in [5, 5.41) is 13.3. The molecular weight excluding hydrogens is 402 g/mol. The van der Waals surface area contributed by atoms with E-state index in [9.17, 15) is 9.18 Å². The second-order valence-corrected chi connectivity index (χ2v) is 8.81. The van der Waals surface area contributed by atoms with E-state index in [0.717, 1.165) is 44.5 Å². The molecule has 0 spiro atoms. The van der Waals surface area contributed by atoms with Gasteiger partial charge in [0, 0.05) is 29.9 Å². The summed E-state index contributed by atoms with van der Waals surface area (Å²) in [6, 6.07) is 13.1. The summed E-state index contributed by atoms with van der Waals surface area (Å²) in [5.41, 5.74) is 1.36. The Bertz CT molecular complexity index is 885. The molecule has 0 amide bonds. The first kappa shape index (κ1) is 21.2. The second kappa shape index (κ2) is 9.42. The zero-order valence-corrected chi connectivity index (χ0v) is 18.0. The van der Waals surface area contributed by atoms with Gasteiger partial charge in [0.25, 0.3) is 0 Å². The molecule has 30 heavy (non-hydrogen) atoms. The lowest BCUT2D eigenvalue weighted by Crippen LogP contribution is -2.44. The van der Waals surface area contributed by atoms with Gasteiger partial charge in [-0.05, 0) is 68.2 Å². The monoisotopic (exact) mass is 430 g/mol. The summed E-state index contributed by atoms with van der Waals surface area (Å²) >= 11 is 0. The molecule has 5 nitrogen and oxygen atoms in total. The van der Waals surface area contributed by atoms with Crippen molar-refractivity contribution in [3.8, 4) is 5.75 Å². The number of piperidine rings is 1. The molecule has 0 bridgehead atoms. The van der Waals surface area contributed by atoms with E-state index in [2.05, 4.69) is 19.5 Å². The predicted octanol–water partition coefficient (Wildman–Crippen LogP) is 3.01. The lowest BCUT2D eigenvalue weighted by Gasteiger charge is -2.32. The predicted molar refractivity (Wildman–Crippen MR) is 118 cm³/mol. The van der Waals surface area contributed by atoms with Crippen LogP contribution in [0.2, 0.25) is 0 Å². The zero-order chi connectivity index (χ0) is 21.1. The third-order valence-electron chi connectivity index (χ3n) is 6.06. The number of benzene rings is 2. The summed E-state index contributed by atoms with van der Waals surface area (Å²) < 4.78 is 19.5. The molecule has 1 aliphatic carbocycles. The average Bonchev–Trinajstić information content (AvgIpc) is 3.51. The van der Waals surface area contributed by atoms with Crippen LogP contribution < -0.4 is 15.4 Å². The molecular formula is C23H28FN2O3P. The fraction of sp³-hybridized carbons (Fsp3) is 0.435. The number of likely N-dealkylation sites (tertiary alicyclic amines) is 1. The first-order valence-corrected chi connectivity index (χ1v) is 11.1. The summed E-state index contributed by atoms with van der Waals surface area (Å²) in [6.07, 6.45) is 3.30. The number of carbonyl (C=O) groups is 1. The Balaban J connectivity index is 1.14. The summed E-state index contributed by atoms with van der Waals surface area (Å²) in [7, 11) is 2.43. The van der Waals surface area contributed by atoms with Crippen molar-refractivity contribution in [2.24, 2.45) is 0 Å². The number of nitrogens with one attached hydrogen (secondary N) is 1. The van der Waals surface area contributed by atoms with Gasteiger partial charge >= 0.3 is 5.97 Å². The van der Waals surface area contributed by atoms with E-state index < -0.39 is 5.97 Å². The molecule has 2 aliphatic rings. The summed E-state index contributed by atoms with van der Waals surface area (Å²) in [4.78, 5) is 13.3. The molecule has 0 radical (unpaired) electrons. The van der Waals surface area contributed by atoms with E-state index in [4.69, 9.17) is 9.84 Å². The van der Waals surface area contributed by atoms with E-state index in [-0.39, 0.29) is 11.4 Å². The Morgan fingerprint density at radius 1 is 1.20 bits per heavy atom. The normalized spacial score (nSPS) is 22.1. The molecule has 0 aromatic heterocycles. The minimum absolute atomic E-state index is 0.142. The number of carboxylic acids is 1. The van der Waals surface area contributed by atoms with Gasteiger partial charge in [0.1, 0.15) is 18.2 Å². The number of halogens is 1. The van der Waals surface area contributed by atoms with Crippen LogP contribution in [-0.4, -0.2) is 54.3 Å². The maximum atomic E-state index is 13.8. The van der Waals surface area contributed by atoms with Crippen molar-refractivity contribution < 1.29 is 19.0 Å². The van der Waals surface area contributed by atoms with Crippen LogP contribution in [0.5, 0.6) is 5.75 Å². The fourth-order valence-electron chi connectivity index (χ4n) is 4.13. The van der Waals surface area contributed by atoms with Crippen molar-refractivity contribution >= 4 is 20.5 Å². The van der Waals surface area contributed by atoms with Crippen LogP contribution in [0.3, 0.4) is 0 Å². The van der Waals surface area contributed by atoms with Crippen LogP contribution in [0.15, 0.2) is 42.5 Å². The topological polar surface area (TPSA) is 61.8 Å². The molecule has 2 aromatic carbocycles. The molecule has 2 aromatic rings. The van der Waals surface area contributed by atoms with Gasteiger partial charge < -0.3 is 15.2 Å². The van der Waals surface area contributed by atoms with Gasteiger partial charge in [-0.15, -0.1) is 9.24 Å². The van der Waals surface area contributed by atoms with Gasteiger partial charge in [0.2, 0.25) is 0 Å². The lowest BCUT2D eigenvalue weighted by molar-refractivity contribution is 0.0697. The largest absolute Gasteiger partial charge is 0.492 e. The highest BCUT2D eigenvalue weighted by Gasteiger charge is 2.40. The quantitative estimate of drug-likeness (QED) is 0.631. The fourth-order valence-corrected chi connectivity index (χ4v) is 4.31. The van der Waals surface area contributed by atoms with E-state index in [1.807, 2.05) is 12.1 Å². The van der Waals surface area contributed by atoms with E-state index in [0.29, 0.717) is 35.7 Å². The molecule has 1 saturated carbocycles. The molecule has 3 atom stereocenters. The van der Waals surface area contributed by atoms with E-state index in [1.165, 1.54) is 0 Å². The lowest BCUT2D eigenvalue weighted by atomic mass is 10.0. The Labute approximate surface area is 178 Å². The van der Waals surface area contributed by atoms with Gasteiger partial charge in [-0.3, -0.25) is 4.90 Å². The van der Waals surface area contributed by atoms with Gasteiger partial charge in [-0.1, -0.05) is 12.1 Å². The molecule has 160 valence electrons. The van der Waals surface area contributed by atoms with Crippen LogP contribution >= 0.6 is 9.24 Å². The standard InChI is InChI=1S/C23H28FN2O3P/c24-20-13-16(3-6-22(20)30)19-14-21(19)25-17-7-9-26(10-8-17)11-12-29-18-4-1-15(2-5-18)23(27)28/h1-6,13,17,19,21,25H,7-12,14,30H2,(H,27,28)/t19-,21+/m0/s1. The second-order valence-electron chi connectivity index (χ2n) is 8.19. The van der Waals surface area contributed by atoms with Gasteiger partial charge in [0.05, 0.1) is 5.56 Å². The van der Waals surface area contributed by atoms with Crippen molar-refractivity contribution in [1.82, 2.24) is 10.2 Å². The number of carboxylic acid groups (broad SMARTS) is 1. The Kier molecular flexibility index (Phi) is 6.67. The Morgan fingerprint density at radius 3 is 2.60 bits per heavy atom. The third kappa shape index (κ3) is 5.37. The van der Waals surface area contributed by atoms with Crippen LogP contribution in [0.4, 0.5) is 4.39 Å². The smallest absolute Gasteiger partial charge is 0.335 e. The molecule has 7 heteroatoms. The molecule has 2 N–H and O–H groups in total. The first-order chi connectivity index (χ1) is 14.5. The average molecular weight is 430 g/mol. The van der Waals surface area contributed by atoms with Crippen molar-refractivity contribution in [2.45, 2.75) is 37.3 Å². The highest BCUT2D eigenvalue weighted by Crippen LogP contribution is 2.41. The summed E-state index contributed by atoms with van der Waals surface area (Å²) in [5.74, 6) is 0.0590. The molecule has 2 fully saturated rings. The zero-order valence-electron chi connectivity index (χ0n) is 16.9. The number of aromatic carboxylic acids is 1. The van der Waals surface area contributed by atoms with E-state index in [1.54, 1.807) is 30.3 Å². The minimum Gasteiger partial charge on any atom is -0.492 e. The Morgan fingerprint density at radius 2 is 1.93 bits per heavy atom. The number of nitrogens with zero attached hydrogens (tertiary/aromatic N) is 1.